The van der Waals surface area contributed by atoms with Crippen LogP contribution in [0.15, 0.2) is 53.6 Å². The molecular formula is C20H20ClN3O5. The summed E-state index contributed by atoms with van der Waals surface area (Å²) in [6.45, 7) is -0.177. The predicted molar refractivity (Wildman–Crippen MR) is 109 cm³/mol. The maximum Gasteiger partial charge on any atom is 0.343 e. The van der Waals surface area contributed by atoms with Gasteiger partial charge in [-0.3, -0.25) is 9.59 Å². The van der Waals surface area contributed by atoms with E-state index in [1.807, 2.05) is 0 Å². The van der Waals surface area contributed by atoms with Gasteiger partial charge in [0.25, 0.3) is 0 Å². The van der Waals surface area contributed by atoms with Crippen LogP contribution in [0.25, 0.3) is 0 Å². The SMILES string of the molecule is COC(=O)COc1ccc(C=NNC(=O)CCC(=O)Nc2ccccc2Cl)cc1. The molecule has 152 valence electrons. The first kappa shape index (κ1) is 21.9. The van der Waals surface area contributed by atoms with Gasteiger partial charge in [0.15, 0.2) is 6.61 Å². The normalized spacial score (nSPS) is 10.4. The van der Waals surface area contributed by atoms with Gasteiger partial charge in [0, 0.05) is 12.8 Å². The van der Waals surface area contributed by atoms with Crippen LogP contribution in [-0.2, 0) is 19.1 Å². The van der Waals surface area contributed by atoms with Crippen molar-refractivity contribution in [1.82, 2.24) is 5.43 Å². The lowest BCUT2D eigenvalue weighted by atomic mass is 10.2. The monoisotopic (exact) mass is 417 g/mol. The second-order valence-electron chi connectivity index (χ2n) is 5.76. The van der Waals surface area contributed by atoms with Crippen molar-refractivity contribution in [2.75, 3.05) is 19.0 Å². The third kappa shape index (κ3) is 8.02. The summed E-state index contributed by atoms with van der Waals surface area (Å²) in [7, 11) is 1.28. The second kappa shape index (κ2) is 11.5. The highest BCUT2D eigenvalue weighted by atomic mass is 35.5. The molecule has 0 heterocycles. The quantitative estimate of drug-likeness (QED) is 0.370. The number of hydrogen-bond acceptors (Lipinski definition) is 6. The molecule has 2 aromatic rings. The van der Waals surface area contributed by atoms with Crippen molar-refractivity contribution in [3.63, 3.8) is 0 Å². The standard InChI is InChI=1S/C20H20ClN3O5/c1-28-20(27)13-29-15-8-6-14(7-9-15)12-22-24-19(26)11-10-18(25)23-17-5-3-2-4-16(17)21/h2-9,12H,10-11,13H2,1H3,(H,23,25)(H,24,26). The molecule has 0 aromatic heterocycles. The van der Waals surface area contributed by atoms with Crippen molar-refractivity contribution in [2.45, 2.75) is 12.8 Å². The lowest BCUT2D eigenvalue weighted by molar-refractivity contribution is -0.142. The number of hydrogen-bond donors (Lipinski definition) is 2. The van der Waals surface area contributed by atoms with Gasteiger partial charge < -0.3 is 14.8 Å². The molecule has 2 amide bonds. The maximum absolute atomic E-state index is 11.9. The molecule has 0 radical (unpaired) electrons. The molecule has 8 nitrogen and oxygen atoms in total. The first-order valence-corrected chi connectivity index (χ1v) is 9.01. The molecular weight excluding hydrogens is 398 g/mol. The minimum Gasteiger partial charge on any atom is -0.482 e. The number of rotatable bonds is 9. The molecule has 0 unspecified atom stereocenters. The molecule has 0 bridgehead atoms. The van der Waals surface area contributed by atoms with Gasteiger partial charge in [0.05, 0.1) is 24.0 Å². The second-order valence-corrected chi connectivity index (χ2v) is 6.16. The van der Waals surface area contributed by atoms with E-state index in [0.29, 0.717) is 22.0 Å². The van der Waals surface area contributed by atoms with E-state index < -0.39 is 11.9 Å². The summed E-state index contributed by atoms with van der Waals surface area (Å²) in [6.07, 6.45) is 1.43. The lowest BCUT2D eigenvalue weighted by Crippen LogP contribution is -2.20. The molecule has 0 aliphatic heterocycles. The molecule has 2 aromatic carbocycles. The van der Waals surface area contributed by atoms with Gasteiger partial charge in [-0.15, -0.1) is 0 Å². The number of para-hydroxylation sites is 1. The Morgan fingerprint density at radius 1 is 1.03 bits per heavy atom. The smallest absolute Gasteiger partial charge is 0.343 e. The largest absolute Gasteiger partial charge is 0.482 e. The van der Waals surface area contributed by atoms with Crippen LogP contribution >= 0.6 is 11.6 Å². The molecule has 2 N–H and O–H groups in total. The van der Waals surface area contributed by atoms with Gasteiger partial charge in [-0.2, -0.15) is 5.10 Å². The number of halogens is 1. The number of methoxy groups -OCH3 is 1. The summed E-state index contributed by atoms with van der Waals surface area (Å²) in [5.74, 6) is -0.687. The van der Waals surface area contributed by atoms with Gasteiger partial charge in [-0.1, -0.05) is 23.7 Å². The Kier molecular flexibility index (Phi) is 8.65. The fraction of sp³-hybridized carbons (Fsp3) is 0.200. The van der Waals surface area contributed by atoms with Crippen LogP contribution in [0.3, 0.4) is 0 Å². The molecule has 2 rings (SSSR count). The molecule has 0 fully saturated rings. The molecule has 29 heavy (non-hydrogen) atoms. The highest BCUT2D eigenvalue weighted by molar-refractivity contribution is 6.33. The Morgan fingerprint density at radius 2 is 1.72 bits per heavy atom. The molecule has 0 saturated carbocycles. The zero-order chi connectivity index (χ0) is 21.1. The molecule has 0 aliphatic carbocycles. The van der Waals surface area contributed by atoms with Crippen molar-refractivity contribution in [1.29, 1.82) is 0 Å². The average Bonchev–Trinajstić information content (AvgIpc) is 2.73. The summed E-state index contributed by atoms with van der Waals surface area (Å²) >= 11 is 5.96. The van der Waals surface area contributed by atoms with Crippen LogP contribution < -0.4 is 15.5 Å². The van der Waals surface area contributed by atoms with Crippen LogP contribution in [0.2, 0.25) is 5.02 Å². The number of ether oxygens (including phenoxy) is 2. The van der Waals surface area contributed by atoms with Crippen LogP contribution in [0, 0.1) is 0 Å². The zero-order valence-corrected chi connectivity index (χ0v) is 16.4. The summed E-state index contributed by atoms with van der Waals surface area (Å²) < 4.78 is 9.71. The maximum atomic E-state index is 11.9. The summed E-state index contributed by atoms with van der Waals surface area (Å²) in [4.78, 5) is 34.7. The number of amides is 2. The minimum atomic E-state index is -0.473. The van der Waals surface area contributed by atoms with Crippen LogP contribution in [-0.4, -0.2) is 37.7 Å². The van der Waals surface area contributed by atoms with Gasteiger partial charge in [0.1, 0.15) is 5.75 Å². The number of esters is 1. The Labute approximate surface area is 172 Å². The third-order valence-corrected chi connectivity index (χ3v) is 3.92. The van der Waals surface area contributed by atoms with Crippen molar-refractivity contribution < 1.29 is 23.9 Å². The number of carbonyl (C=O) groups is 3. The van der Waals surface area contributed by atoms with E-state index >= 15 is 0 Å². The van der Waals surface area contributed by atoms with E-state index in [1.165, 1.54) is 13.3 Å². The Hall–Kier alpha value is -3.39. The van der Waals surface area contributed by atoms with E-state index in [0.717, 1.165) is 0 Å². The number of benzene rings is 2. The topological polar surface area (TPSA) is 106 Å². The van der Waals surface area contributed by atoms with E-state index in [4.69, 9.17) is 16.3 Å². The van der Waals surface area contributed by atoms with Gasteiger partial charge in [-0.25, -0.2) is 10.2 Å². The molecule has 0 atom stereocenters. The highest BCUT2D eigenvalue weighted by Gasteiger charge is 2.08. The molecule has 0 saturated heterocycles. The lowest BCUT2D eigenvalue weighted by Gasteiger charge is -2.06. The van der Waals surface area contributed by atoms with Gasteiger partial charge in [-0.05, 0) is 42.0 Å². The number of carbonyl (C=O) groups excluding carboxylic acids is 3. The predicted octanol–water partition coefficient (Wildman–Crippen LogP) is 2.76. The third-order valence-electron chi connectivity index (χ3n) is 3.59. The fourth-order valence-electron chi connectivity index (χ4n) is 2.09. The van der Waals surface area contributed by atoms with Gasteiger partial charge in [0.2, 0.25) is 11.8 Å². The highest BCUT2D eigenvalue weighted by Crippen LogP contribution is 2.20. The van der Waals surface area contributed by atoms with Crippen LogP contribution in [0.1, 0.15) is 18.4 Å². The van der Waals surface area contributed by atoms with E-state index in [1.54, 1.807) is 48.5 Å². The first-order valence-electron chi connectivity index (χ1n) is 8.64. The number of anilines is 1. The summed E-state index contributed by atoms with van der Waals surface area (Å²) in [6, 6.07) is 13.6. The Balaban J connectivity index is 1.71. The average molecular weight is 418 g/mol. The summed E-state index contributed by atoms with van der Waals surface area (Å²) in [5.41, 5.74) is 3.57. The van der Waals surface area contributed by atoms with E-state index in [-0.39, 0.29) is 25.4 Å². The van der Waals surface area contributed by atoms with Crippen LogP contribution in [0.5, 0.6) is 5.75 Å². The Morgan fingerprint density at radius 3 is 2.41 bits per heavy atom. The van der Waals surface area contributed by atoms with E-state index in [2.05, 4.69) is 20.6 Å². The minimum absolute atomic E-state index is 0.00118. The van der Waals surface area contributed by atoms with Crippen molar-refractivity contribution in [2.24, 2.45) is 5.10 Å². The van der Waals surface area contributed by atoms with Crippen molar-refractivity contribution in [3.05, 3.63) is 59.1 Å². The fourth-order valence-corrected chi connectivity index (χ4v) is 2.27. The number of nitrogens with one attached hydrogen (secondary N) is 2. The molecule has 0 aliphatic rings. The number of nitrogens with zero attached hydrogens (tertiary/aromatic N) is 1. The van der Waals surface area contributed by atoms with Crippen LogP contribution in [0.4, 0.5) is 5.69 Å². The van der Waals surface area contributed by atoms with Gasteiger partial charge >= 0.3 is 5.97 Å². The number of hydrazone groups is 1. The first-order chi connectivity index (χ1) is 14.0. The van der Waals surface area contributed by atoms with E-state index in [9.17, 15) is 14.4 Å². The zero-order valence-electron chi connectivity index (χ0n) is 15.7. The molecule has 0 spiro atoms. The Bertz CT molecular complexity index is 884. The van der Waals surface area contributed by atoms with Crippen molar-refractivity contribution in [3.8, 4) is 5.75 Å². The summed E-state index contributed by atoms with van der Waals surface area (Å²) in [5, 5.41) is 6.91. The molecule has 9 heteroatoms. The van der Waals surface area contributed by atoms with Crippen molar-refractivity contribution >= 4 is 41.3 Å².